The van der Waals surface area contributed by atoms with Gasteiger partial charge in [0.05, 0.1) is 0 Å². The molecule has 4 fully saturated rings. The molecule has 15 rings (SSSR count). The van der Waals surface area contributed by atoms with Gasteiger partial charge in [-0.1, -0.05) is 180 Å². The number of benzene rings is 9. The predicted octanol–water partition coefficient (Wildman–Crippen LogP) is 18.6. The quantitative estimate of drug-likeness (QED) is 0.161. The minimum Gasteiger partial charge on any atom is -0.310 e. The molecule has 0 saturated heterocycles. The van der Waals surface area contributed by atoms with Gasteiger partial charge in [-0.25, -0.2) is 0 Å². The number of fused-ring (bicyclic) bond motifs is 7. The molecule has 1 spiro atoms. The second-order valence-electron chi connectivity index (χ2n) is 23.4. The van der Waals surface area contributed by atoms with E-state index in [1.54, 1.807) is 11.1 Å². The minimum absolute atomic E-state index is 0.118. The van der Waals surface area contributed by atoms with Crippen LogP contribution in [0.3, 0.4) is 0 Å². The molecule has 6 aliphatic carbocycles. The zero-order chi connectivity index (χ0) is 47.1. The summed E-state index contributed by atoms with van der Waals surface area (Å²) in [5, 5.41) is 2.54. The maximum absolute atomic E-state index is 2.57. The third-order valence-corrected chi connectivity index (χ3v) is 18.2. The Morgan fingerprint density at radius 2 is 0.886 bits per heavy atom. The van der Waals surface area contributed by atoms with E-state index in [-0.39, 0.29) is 16.2 Å². The normalized spacial score (nSPS) is 22.0. The predicted molar refractivity (Wildman–Crippen MR) is 294 cm³/mol. The van der Waals surface area contributed by atoms with Crippen LogP contribution in [0, 0.1) is 23.7 Å². The highest BCUT2D eigenvalue weighted by molar-refractivity contribution is 5.97. The van der Waals surface area contributed by atoms with Crippen molar-refractivity contribution < 1.29 is 0 Å². The monoisotopic (exact) mass is 903 g/mol. The second-order valence-corrected chi connectivity index (χ2v) is 23.4. The Labute approximate surface area is 414 Å². The first-order chi connectivity index (χ1) is 34.0. The maximum Gasteiger partial charge on any atom is 0.0465 e. The van der Waals surface area contributed by atoms with Crippen molar-refractivity contribution in [3.8, 4) is 55.6 Å². The van der Waals surface area contributed by atoms with Crippen LogP contribution in [0.2, 0.25) is 0 Å². The van der Waals surface area contributed by atoms with E-state index in [1.807, 2.05) is 0 Å². The van der Waals surface area contributed by atoms with Gasteiger partial charge in [-0.3, -0.25) is 0 Å². The number of hydrogen-bond acceptors (Lipinski definition) is 1. The van der Waals surface area contributed by atoms with E-state index >= 15 is 0 Å². The SMILES string of the molecule is CC(C)(C)c1ccc(-c2ccc(N(c3ccc(-c4cccc5ccccc45)cc3)c3ccc4c(c3)C(C)(C)c3ccc(-c5ccc6c(c5)-c5ccccc5C65C6CC7CC(C6)CC5C7)cc3-4)cc2)cc1. The molecule has 342 valence electrons. The van der Waals surface area contributed by atoms with E-state index in [1.165, 1.54) is 115 Å². The Morgan fingerprint density at radius 1 is 0.386 bits per heavy atom. The standard InChI is InChI=1S/C69H61N/c1-67(2,3)51-25-17-45(18-26-51)46-19-27-54(28-20-46)70(55-29-21-48(22-30-55)58-15-10-12-47-11-6-7-13-57(47)58)56-31-32-60-61-40-49(23-33-63(61)68(4,5)66(60)42-56)50-24-34-65-62(41-50)59-14-8-9-16-64(59)69(65)52-36-43-35-44(38-52)39-53(69)37-43/h6-34,40-44,52-53H,35-39H2,1-5H3. The molecule has 0 unspecified atom stereocenters. The molecular formula is C69H61N. The molecule has 0 aliphatic heterocycles. The highest BCUT2D eigenvalue weighted by Gasteiger charge is 2.61. The lowest BCUT2D eigenvalue weighted by Gasteiger charge is -2.61. The van der Waals surface area contributed by atoms with Crippen LogP contribution in [0.5, 0.6) is 0 Å². The fourth-order valence-electron chi connectivity index (χ4n) is 15.1. The fraction of sp³-hybridized carbons (Fsp3) is 0.246. The maximum atomic E-state index is 2.57. The van der Waals surface area contributed by atoms with E-state index < -0.39 is 0 Å². The van der Waals surface area contributed by atoms with Crippen molar-refractivity contribution in [3.05, 3.63) is 222 Å². The Bertz CT molecular complexity index is 3510. The summed E-state index contributed by atoms with van der Waals surface area (Å²) in [4.78, 5) is 2.45. The Balaban J connectivity index is 0.840. The van der Waals surface area contributed by atoms with Crippen LogP contribution in [0.1, 0.15) is 94.5 Å². The first-order valence-electron chi connectivity index (χ1n) is 26.2. The average Bonchev–Trinajstić information content (AvgIpc) is 3.80. The summed E-state index contributed by atoms with van der Waals surface area (Å²) in [5.74, 6) is 3.45. The molecule has 0 atom stereocenters. The van der Waals surface area contributed by atoms with Crippen molar-refractivity contribution in [1.29, 1.82) is 0 Å². The summed E-state index contributed by atoms with van der Waals surface area (Å²) >= 11 is 0. The van der Waals surface area contributed by atoms with Crippen molar-refractivity contribution >= 4 is 27.8 Å². The third kappa shape index (κ3) is 6.22. The largest absolute Gasteiger partial charge is 0.310 e. The van der Waals surface area contributed by atoms with Gasteiger partial charge < -0.3 is 4.90 Å². The lowest BCUT2D eigenvalue weighted by Crippen LogP contribution is -2.55. The lowest BCUT2D eigenvalue weighted by atomic mass is 9.43. The number of rotatable bonds is 6. The highest BCUT2D eigenvalue weighted by atomic mass is 15.1. The number of anilines is 3. The van der Waals surface area contributed by atoms with Crippen molar-refractivity contribution in [2.24, 2.45) is 23.7 Å². The third-order valence-electron chi connectivity index (χ3n) is 18.2. The van der Waals surface area contributed by atoms with Crippen LogP contribution in [-0.2, 0) is 16.2 Å². The fourth-order valence-corrected chi connectivity index (χ4v) is 15.1. The van der Waals surface area contributed by atoms with Gasteiger partial charge >= 0.3 is 0 Å². The zero-order valence-corrected chi connectivity index (χ0v) is 41.3. The summed E-state index contributed by atoms with van der Waals surface area (Å²) < 4.78 is 0. The molecule has 0 amide bonds. The van der Waals surface area contributed by atoms with Crippen LogP contribution >= 0.6 is 0 Å². The van der Waals surface area contributed by atoms with Gasteiger partial charge in [-0.2, -0.15) is 0 Å². The van der Waals surface area contributed by atoms with Crippen LogP contribution in [0.4, 0.5) is 17.1 Å². The Kier molecular flexibility index (Phi) is 9.15. The molecule has 4 bridgehead atoms. The van der Waals surface area contributed by atoms with Crippen LogP contribution in [-0.4, -0.2) is 0 Å². The first-order valence-corrected chi connectivity index (χ1v) is 26.2. The van der Waals surface area contributed by atoms with Gasteiger partial charge in [0.1, 0.15) is 0 Å². The first kappa shape index (κ1) is 42.0. The van der Waals surface area contributed by atoms with Crippen molar-refractivity contribution in [2.45, 2.75) is 83.0 Å². The summed E-state index contributed by atoms with van der Waals surface area (Å²) in [6.45, 7) is 11.7. The molecule has 9 aromatic rings. The molecule has 0 aromatic heterocycles. The zero-order valence-electron chi connectivity index (χ0n) is 41.3. The summed E-state index contributed by atoms with van der Waals surface area (Å²) in [7, 11) is 0. The lowest BCUT2D eigenvalue weighted by molar-refractivity contribution is -0.0399. The Morgan fingerprint density at radius 3 is 1.56 bits per heavy atom. The van der Waals surface area contributed by atoms with Crippen molar-refractivity contribution in [3.63, 3.8) is 0 Å². The number of hydrogen-bond donors (Lipinski definition) is 0. The summed E-state index contributed by atoms with van der Waals surface area (Å²) in [5.41, 5.74) is 24.2. The van der Waals surface area contributed by atoms with Crippen LogP contribution < -0.4 is 4.90 Å². The molecule has 1 heteroatoms. The second kappa shape index (κ2) is 15.3. The van der Waals surface area contributed by atoms with Gasteiger partial charge in [0.2, 0.25) is 0 Å². The Hall–Kier alpha value is -6.96. The molecule has 9 aromatic carbocycles. The summed E-state index contributed by atoms with van der Waals surface area (Å²) in [6.07, 6.45) is 7.15. The van der Waals surface area contributed by atoms with E-state index in [4.69, 9.17) is 0 Å². The molecule has 6 aliphatic rings. The van der Waals surface area contributed by atoms with E-state index in [0.29, 0.717) is 0 Å². The van der Waals surface area contributed by atoms with Gasteiger partial charge in [-0.05, 0) is 204 Å². The smallest absolute Gasteiger partial charge is 0.0465 e. The van der Waals surface area contributed by atoms with E-state index in [2.05, 4.69) is 234 Å². The van der Waals surface area contributed by atoms with E-state index in [0.717, 1.165) is 40.7 Å². The highest BCUT2D eigenvalue weighted by Crippen LogP contribution is 2.69. The van der Waals surface area contributed by atoms with Crippen LogP contribution in [0.15, 0.2) is 194 Å². The molecule has 0 heterocycles. The van der Waals surface area contributed by atoms with Gasteiger partial charge in [0, 0.05) is 27.9 Å². The minimum atomic E-state index is -0.172. The summed E-state index contributed by atoms with van der Waals surface area (Å²) in [6, 6.07) is 74.5. The molecule has 4 saturated carbocycles. The molecule has 0 N–H and O–H groups in total. The van der Waals surface area contributed by atoms with Gasteiger partial charge in [-0.15, -0.1) is 0 Å². The van der Waals surface area contributed by atoms with Crippen LogP contribution in [0.25, 0.3) is 66.4 Å². The molecular weight excluding hydrogens is 843 g/mol. The topological polar surface area (TPSA) is 3.24 Å². The van der Waals surface area contributed by atoms with E-state index in [9.17, 15) is 0 Å². The molecule has 1 nitrogen and oxygen atoms in total. The van der Waals surface area contributed by atoms with Gasteiger partial charge in [0.25, 0.3) is 0 Å². The molecule has 0 radical (unpaired) electrons. The average molecular weight is 904 g/mol. The van der Waals surface area contributed by atoms with Gasteiger partial charge in [0.15, 0.2) is 0 Å². The van der Waals surface area contributed by atoms with Crippen molar-refractivity contribution in [2.75, 3.05) is 4.90 Å². The van der Waals surface area contributed by atoms with Crippen molar-refractivity contribution in [1.82, 2.24) is 0 Å². The number of nitrogens with zero attached hydrogens (tertiary/aromatic N) is 1. The molecule has 70 heavy (non-hydrogen) atoms.